The van der Waals surface area contributed by atoms with E-state index >= 15 is 0 Å². The van der Waals surface area contributed by atoms with Crippen LogP contribution < -0.4 is 0 Å². The van der Waals surface area contributed by atoms with Crippen LogP contribution in [0.15, 0.2) is 0 Å². The minimum atomic E-state index is -0.141. The van der Waals surface area contributed by atoms with Crippen molar-refractivity contribution in [3.05, 3.63) is 0 Å². The summed E-state index contributed by atoms with van der Waals surface area (Å²) in [6.45, 7) is 2.19. The molecule has 2 aliphatic rings. The van der Waals surface area contributed by atoms with Crippen LogP contribution in [0.4, 0.5) is 0 Å². The lowest BCUT2D eigenvalue weighted by atomic mass is 9.80. The van der Waals surface area contributed by atoms with Crippen LogP contribution in [-0.4, -0.2) is 18.9 Å². The summed E-state index contributed by atoms with van der Waals surface area (Å²) in [4.78, 5) is 24.6. The van der Waals surface area contributed by atoms with Crippen LogP contribution in [-0.2, 0) is 14.3 Å². The number of carbonyl (C=O) groups is 2. The normalized spacial score (nSPS) is 32.6. The summed E-state index contributed by atoms with van der Waals surface area (Å²) in [5, 5.41) is 0. The maximum Gasteiger partial charge on any atom is 0.305 e. The van der Waals surface area contributed by atoms with Crippen LogP contribution >= 0.6 is 0 Å². The molecule has 2 rings (SSSR count). The number of methoxy groups -OCH3 is 1. The molecule has 0 radical (unpaired) electrons. The average molecular weight is 294 g/mol. The predicted molar refractivity (Wildman–Crippen MR) is 82.8 cm³/mol. The molecule has 0 aliphatic heterocycles. The Hall–Kier alpha value is -0.860. The minimum absolute atomic E-state index is 0.115. The highest BCUT2D eigenvalue weighted by Gasteiger charge is 2.49. The van der Waals surface area contributed by atoms with E-state index in [-0.39, 0.29) is 23.7 Å². The number of ether oxygens (including phenoxy) is 1. The molecule has 0 aromatic rings. The molecule has 3 heteroatoms. The van der Waals surface area contributed by atoms with Crippen LogP contribution in [0.1, 0.15) is 71.1 Å². The van der Waals surface area contributed by atoms with E-state index in [0.29, 0.717) is 18.1 Å². The van der Waals surface area contributed by atoms with E-state index < -0.39 is 0 Å². The van der Waals surface area contributed by atoms with Gasteiger partial charge in [0.15, 0.2) is 0 Å². The van der Waals surface area contributed by atoms with Crippen molar-refractivity contribution in [1.29, 1.82) is 0 Å². The summed E-state index contributed by atoms with van der Waals surface area (Å²) >= 11 is 0. The van der Waals surface area contributed by atoms with E-state index in [4.69, 9.17) is 4.74 Å². The highest BCUT2D eigenvalue weighted by molar-refractivity contribution is 5.87. The summed E-state index contributed by atoms with van der Waals surface area (Å²) in [5.74, 6) is 1.35. The second-order valence-corrected chi connectivity index (χ2v) is 6.86. The highest BCUT2D eigenvalue weighted by Crippen LogP contribution is 2.49. The van der Waals surface area contributed by atoms with E-state index in [1.807, 2.05) is 0 Å². The van der Waals surface area contributed by atoms with Crippen molar-refractivity contribution in [2.45, 2.75) is 71.1 Å². The standard InChI is InChI=1S/C18H30O3/c1-3-4-6-10-15-16(12-17(19)21-2)13-9-7-5-8-11-14(13)18(15)20/h13-16H,3-12H2,1-2H3/t13?,14?,15-,16+/m1/s1. The first-order valence-corrected chi connectivity index (χ1v) is 8.79. The van der Waals surface area contributed by atoms with Gasteiger partial charge in [-0.2, -0.15) is 0 Å². The maximum atomic E-state index is 12.8. The summed E-state index contributed by atoms with van der Waals surface area (Å²) in [6, 6.07) is 0. The number of ketones is 1. The molecule has 0 heterocycles. The molecular weight excluding hydrogens is 264 g/mol. The van der Waals surface area contributed by atoms with Gasteiger partial charge >= 0.3 is 5.97 Å². The summed E-state index contributed by atoms with van der Waals surface area (Å²) in [5.41, 5.74) is 0. The zero-order chi connectivity index (χ0) is 15.2. The number of esters is 1. The van der Waals surface area contributed by atoms with E-state index in [9.17, 15) is 9.59 Å². The summed E-state index contributed by atoms with van der Waals surface area (Å²) in [6.07, 6.45) is 10.7. The zero-order valence-electron chi connectivity index (χ0n) is 13.6. The number of rotatable bonds is 6. The second kappa shape index (κ2) is 7.95. The third-order valence-corrected chi connectivity index (χ3v) is 5.62. The van der Waals surface area contributed by atoms with Crippen molar-refractivity contribution in [3.63, 3.8) is 0 Å². The molecule has 3 nitrogen and oxygen atoms in total. The SMILES string of the molecule is CCCCC[C@H]1C(=O)C2CCCCCC2[C@@H]1CC(=O)OC. The van der Waals surface area contributed by atoms with Crippen molar-refractivity contribution in [1.82, 2.24) is 0 Å². The molecule has 2 aliphatic carbocycles. The molecule has 4 atom stereocenters. The minimum Gasteiger partial charge on any atom is -0.469 e. The Labute approximate surface area is 128 Å². The van der Waals surface area contributed by atoms with Gasteiger partial charge < -0.3 is 4.74 Å². The lowest BCUT2D eigenvalue weighted by Gasteiger charge is -2.23. The molecule has 120 valence electrons. The molecule has 21 heavy (non-hydrogen) atoms. The average Bonchev–Trinajstić information content (AvgIpc) is 2.66. The molecule has 0 bridgehead atoms. The van der Waals surface area contributed by atoms with Gasteiger partial charge in [-0.3, -0.25) is 9.59 Å². The Kier molecular flexibility index (Phi) is 6.25. The van der Waals surface area contributed by atoms with E-state index in [0.717, 1.165) is 25.7 Å². The molecule has 0 aromatic carbocycles. The Morgan fingerprint density at radius 3 is 2.67 bits per heavy atom. The molecule has 0 amide bonds. The fourth-order valence-electron chi connectivity index (χ4n) is 4.53. The van der Waals surface area contributed by atoms with Crippen LogP contribution in [0.3, 0.4) is 0 Å². The number of fused-ring (bicyclic) bond motifs is 1. The van der Waals surface area contributed by atoms with Gasteiger partial charge in [-0.15, -0.1) is 0 Å². The fourth-order valence-corrected chi connectivity index (χ4v) is 4.53. The topological polar surface area (TPSA) is 43.4 Å². The van der Waals surface area contributed by atoms with E-state index in [2.05, 4.69) is 6.92 Å². The number of carbonyl (C=O) groups excluding carboxylic acids is 2. The van der Waals surface area contributed by atoms with Gasteiger partial charge in [0.05, 0.1) is 7.11 Å². The van der Waals surface area contributed by atoms with Crippen molar-refractivity contribution in [2.75, 3.05) is 7.11 Å². The smallest absolute Gasteiger partial charge is 0.305 e. The number of Topliss-reactive ketones (excluding diaryl/α,β-unsaturated/α-hetero) is 1. The van der Waals surface area contributed by atoms with E-state index in [1.54, 1.807) is 0 Å². The van der Waals surface area contributed by atoms with Gasteiger partial charge in [-0.05, 0) is 31.1 Å². The summed E-state index contributed by atoms with van der Waals surface area (Å²) < 4.78 is 4.88. The molecule has 2 unspecified atom stereocenters. The molecule has 0 aromatic heterocycles. The van der Waals surface area contributed by atoms with Crippen molar-refractivity contribution < 1.29 is 14.3 Å². The highest BCUT2D eigenvalue weighted by atomic mass is 16.5. The fraction of sp³-hybridized carbons (Fsp3) is 0.889. The molecule has 0 saturated heterocycles. The molecule has 0 N–H and O–H groups in total. The van der Waals surface area contributed by atoms with Gasteiger partial charge in [0, 0.05) is 18.3 Å². The largest absolute Gasteiger partial charge is 0.469 e. The number of hydrogen-bond acceptors (Lipinski definition) is 3. The lowest BCUT2D eigenvalue weighted by Crippen LogP contribution is -2.22. The van der Waals surface area contributed by atoms with Crippen molar-refractivity contribution in [3.8, 4) is 0 Å². The monoisotopic (exact) mass is 294 g/mol. The van der Waals surface area contributed by atoms with Gasteiger partial charge in [-0.1, -0.05) is 45.4 Å². The first kappa shape index (κ1) is 16.5. The van der Waals surface area contributed by atoms with Gasteiger partial charge in [0.2, 0.25) is 0 Å². The second-order valence-electron chi connectivity index (χ2n) is 6.86. The third kappa shape index (κ3) is 3.87. The van der Waals surface area contributed by atoms with Gasteiger partial charge in [-0.25, -0.2) is 0 Å². The molecule has 2 saturated carbocycles. The lowest BCUT2D eigenvalue weighted by molar-refractivity contribution is -0.142. The Bertz CT molecular complexity index is 363. The number of unbranched alkanes of at least 4 members (excludes halogenated alkanes) is 2. The van der Waals surface area contributed by atoms with Crippen LogP contribution in [0.2, 0.25) is 0 Å². The van der Waals surface area contributed by atoms with Crippen molar-refractivity contribution in [2.24, 2.45) is 23.7 Å². The van der Waals surface area contributed by atoms with Crippen LogP contribution in [0, 0.1) is 23.7 Å². The van der Waals surface area contributed by atoms with Crippen LogP contribution in [0.5, 0.6) is 0 Å². The molecular formula is C18H30O3. The molecule has 0 spiro atoms. The van der Waals surface area contributed by atoms with Gasteiger partial charge in [0.25, 0.3) is 0 Å². The Morgan fingerprint density at radius 2 is 1.95 bits per heavy atom. The third-order valence-electron chi connectivity index (χ3n) is 5.62. The quantitative estimate of drug-likeness (QED) is 0.546. The maximum absolute atomic E-state index is 12.8. The number of hydrogen-bond donors (Lipinski definition) is 0. The van der Waals surface area contributed by atoms with Crippen LogP contribution in [0.25, 0.3) is 0 Å². The Morgan fingerprint density at radius 1 is 1.19 bits per heavy atom. The summed E-state index contributed by atoms with van der Waals surface area (Å²) in [7, 11) is 1.45. The zero-order valence-corrected chi connectivity index (χ0v) is 13.6. The first-order chi connectivity index (χ1) is 10.2. The first-order valence-electron chi connectivity index (χ1n) is 8.79. The molecule has 2 fully saturated rings. The Balaban J connectivity index is 2.11. The van der Waals surface area contributed by atoms with Gasteiger partial charge in [0.1, 0.15) is 5.78 Å². The van der Waals surface area contributed by atoms with E-state index in [1.165, 1.54) is 39.2 Å². The van der Waals surface area contributed by atoms with Crippen molar-refractivity contribution >= 4 is 11.8 Å². The predicted octanol–water partition coefficient (Wildman–Crippen LogP) is 4.14.